The maximum atomic E-state index is 11.6. The summed E-state index contributed by atoms with van der Waals surface area (Å²) in [6.07, 6.45) is 7.17. The van der Waals surface area contributed by atoms with Gasteiger partial charge in [0.2, 0.25) is 0 Å². The van der Waals surface area contributed by atoms with Crippen molar-refractivity contribution in [3.8, 4) is 0 Å². The lowest BCUT2D eigenvalue weighted by molar-refractivity contribution is -0.144. The summed E-state index contributed by atoms with van der Waals surface area (Å²) in [6, 6.07) is 0.414. The summed E-state index contributed by atoms with van der Waals surface area (Å²) in [4.78, 5) is 13.9. The van der Waals surface area contributed by atoms with E-state index in [1.54, 1.807) is 0 Å². The highest BCUT2D eigenvalue weighted by atomic mass is 16.4. The molecular weight excluding hydrogens is 240 g/mol. The Morgan fingerprint density at radius 2 is 2.11 bits per heavy atom. The highest BCUT2D eigenvalue weighted by Crippen LogP contribution is 2.33. The molecule has 0 heterocycles. The Morgan fingerprint density at radius 3 is 2.68 bits per heavy atom. The van der Waals surface area contributed by atoms with Crippen LogP contribution in [0.25, 0.3) is 0 Å². The second-order valence-corrected chi connectivity index (χ2v) is 5.90. The average molecular weight is 270 g/mol. The van der Waals surface area contributed by atoms with Gasteiger partial charge in [-0.2, -0.15) is 0 Å². The van der Waals surface area contributed by atoms with Gasteiger partial charge in [-0.05, 0) is 52.2 Å². The molecular formula is C15H30N2O2. The first-order chi connectivity index (χ1) is 9.05. The number of carbonyl (C=O) groups is 1. The first-order valence-corrected chi connectivity index (χ1v) is 7.74. The molecule has 4 heteroatoms. The molecule has 1 fully saturated rings. The second kappa shape index (κ2) is 7.85. The van der Waals surface area contributed by atoms with E-state index in [1.165, 1.54) is 19.3 Å². The first-order valence-electron chi connectivity index (χ1n) is 7.74. The molecule has 1 aliphatic rings. The number of carboxylic acids is 1. The fourth-order valence-electron chi connectivity index (χ4n) is 2.98. The van der Waals surface area contributed by atoms with Crippen LogP contribution in [0.15, 0.2) is 0 Å². The van der Waals surface area contributed by atoms with Gasteiger partial charge in [-0.25, -0.2) is 0 Å². The van der Waals surface area contributed by atoms with Gasteiger partial charge in [0.05, 0.1) is 0 Å². The van der Waals surface area contributed by atoms with Crippen LogP contribution in [0.4, 0.5) is 0 Å². The van der Waals surface area contributed by atoms with E-state index in [-0.39, 0.29) is 0 Å². The van der Waals surface area contributed by atoms with Crippen molar-refractivity contribution in [1.29, 1.82) is 0 Å². The molecule has 2 atom stereocenters. The van der Waals surface area contributed by atoms with Crippen molar-refractivity contribution in [2.45, 2.75) is 70.4 Å². The number of nitrogens with one attached hydrogen (secondary N) is 1. The van der Waals surface area contributed by atoms with Crippen molar-refractivity contribution in [3.63, 3.8) is 0 Å². The zero-order valence-corrected chi connectivity index (χ0v) is 12.7. The quantitative estimate of drug-likeness (QED) is 0.632. The van der Waals surface area contributed by atoms with Crippen molar-refractivity contribution < 1.29 is 9.90 Å². The van der Waals surface area contributed by atoms with Gasteiger partial charge < -0.3 is 15.3 Å². The third-order valence-electron chi connectivity index (χ3n) is 4.35. The molecule has 0 amide bonds. The fourth-order valence-corrected chi connectivity index (χ4v) is 2.98. The van der Waals surface area contributed by atoms with Crippen molar-refractivity contribution in [1.82, 2.24) is 10.2 Å². The Kier molecular flexibility index (Phi) is 6.80. The molecule has 1 saturated carbocycles. The summed E-state index contributed by atoms with van der Waals surface area (Å²) < 4.78 is 0. The van der Waals surface area contributed by atoms with Gasteiger partial charge in [-0.3, -0.25) is 4.79 Å². The number of rotatable bonds is 9. The molecule has 0 aliphatic heterocycles. The summed E-state index contributed by atoms with van der Waals surface area (Å²) in [7, 11) is 2.14. The molecule has 0 bridgehead atoms. The number of nitrogens with zero attached hydrogens (tertiary/aromatic N) is 1. The molecule has 112 valence electrons. The summed E-state index contributed by atoms with van der Waals surface area (Å²) in [6.45, 7) is 6.16. The van der Waals surface area contributed by atoms with Crippen molar-refractivity contribution in [2.24, 2.45) is 0 Å². The van der Waals surface area contributed by atoms with E-state index < -0.39 is 11.5 Å². The smallest absolute Gasteiger partial charge is 0.323 e. The first kappa shape index (κ1) is 16.4. The van der Waals surface area contributed by atoms with Crippen LogP contribution in [0, 0.1) is 0 Å². The molecule has 4 nitrogen and oxygen atoms in total. The highest BCUT2D eigenvalue weighted by Gasteiger charge is 2.45. The Balaban J connectivity index is 2.50. The molecule has 1 rings (SSSR count). The largest absolute Gasteiger partial charge is 0.480 e. The molecule has 1 aliphatic carbocycles. The molecule has 0 aromatic carbocycles. The molecule has 0 aromatic rings. The molecule has 2 unspecified atom stereocenters. The minimum absolute atomic E-state index is 0.414. The molecule has 0 radical (unpaired) electrons. The van der Waals surface area contributed by atoms with Gasteiger partial charge >= 0.3 is 5.97 Å². The fraction of sp³-hybridized carbons (Fsp3) is 0.933. The van der Waals surface area contributed by atoms with E-state index in [0.29, 0.717) is 6.04 Å². The lowest BCUT2D eigenvalue weighted by Gasteiger charge is -2.29. The zero-order valence-electron chi connectivity index (χ0n) is 12.7. The third kappa shape index (κ3) is 4.46. The van der Waals surface area contributed by atoms with Gasteiger partial charge in [-0.1, -0.05) is 26.7 Å². The maximum absolute atomic E-state index is 11.6. The summed E-state index contributed by atoms with van der Waals surface area (Å²) in [5, 5.41) is 12.8. The number of carboxylic acid groups (broad SMARTS) is 1. The van der Waals surface area contributed by atoms with Gasteiger partial charge in [-0.15, -0.1) is 0 Å². The van der Waals surface area contributed by atoms with Crippen LogP contribution in [-0.4, -0.2) is 47.7 Å². The van der Waals surface area contributed by atoms with Crippen molar-refractivity contribution >= 4 is 5.97 Å². The molecule has 19 heavy (non-hydrogen) atoms. The van der Waals surface area contributed by atoms with E-state index in [2.05, 4.69) is 31.1 Å². The van der Waals surface area contributed by atoms with E-state index >= 15 is 0 Å². The molecule has 2 N–H and O–H groups in total. The topological polar surface area (TPSA) is 52.6 Å². The molecule has 0 aromatic heterocycles. The van der Waals surface area contributed by atoms with Crippen LogP contribution in [0.5, 0.6) is 0 Å². The van der Waals surface area contributed by atoms with Gasteiger partial charge in [0.15, 0.2) is 0 Å². The van der Waals surface area contributed by atoms with Crippen LogP contribution < -0.4 is 5.32 Å². The van der Waals surface area contributed by atoms with E-state index in [0.717, 1.165) is 38.8 Å². The SMILES string of the molecule is CCCCCN(C)C1CCC(NCCC)(C(=O)O)C1. The summed E-state index contributed by atoms with van der Waals surface area (Å²) in [5.74, 6) is -0.676. The van der Waals surface area contributed by atoms with Crippen LogP contribution >= 0.6 is 0 Å². The Morgan fingerprint density at radius 1 is 1.37 bits per heavy atom. The number of hydrogen-bond acceptors (Lipinski definition) is 3. The lowest BCUT2D eigenvalue weighted by Crippen LogP contribution is -2.51. The summed E-state index contributed by atoms with van der Waals surface area (Å²) >= 11 is 0. The Hall–Kier alpha value is -0.610. The summed E-state index contributed by atoms with van der Waals surface area (Å²) in [5.41, 5.74) is -0.681. The highest BCUT2D eigenvalue weighted by molar-refractivity contribution is 5.79. The van der Waals surface area contributed by atoms with Crippen LogP contribution in [-0.2, 0) is 4.79 Å². The Labute approximate surface area is 117 Å². The maximum Gasteiger partial charge on any atom is 0.323 e. The normalized spacial score (nSPS) is 27.1. The van der Waals surface area contributed by atoms with E-state index in [4.69, 9.17) is 0 Å². The van der Waals surface area contributed by atoms with E-state index in [9.17, 15) is 9.90 Å². The number of aliphatic carboxylic acids is 1. The van der Waals surface area contributed by atoms with Crippen molar-refractivity contribution in [2.75, 3.05) is 20.1 Å². The van der Waals surface area contributed by atoms with Gasteiger partial charge in [0.1, 0.15) is 5.54 Å². The van der Waals surface area contributed by atoms with Crippen LogP contribution in [0.3, 0.4) is 0 Å². The average Bonchev–Trinajstić information content (AvgIpc) is 2.82. The standard InChI is InChI=1S/C15H30N2O2/c1-4-6-7-11-17(3)13-8-9-15(12-13,14(18)19)16-10-5-2/h13,16H,4-12H2,1-3H3,(H,18,19). The van der Waals surface area contributed by atoms with Gasteiger partial charge in [0.25, 0.3) is 0 Å². The second-order valence-electron chi connectivity index (χ2n) is 5.90. The minimum Gasteiger partial charge on any atom is -0.480 e. The minimum atomic E-state index is -0.681. The lowest BCUT2D eigenvalue weighted by atomic mass is 9.97. The number of hydrogen-bond donors (Lipinski definition) is 2. The van der Waals surface area contributed by atoms with Crippen LogP contribution in [0.1, 0.15) is 58.8 Å². The monoisotopic (exact) mass is 270 g/mol. The van der Waals surface area contributed by atoms with Crippen LogP contribution in [0.2, 0.25) is 0 Å². The van der Waals surface area contributed by atoms with E-state index in [1.807, 2.05) is 0 Å². The third-order valence-corrected chi connectivity index (χ3v) is 4.35. The number of unbranched alkanes of at least 4 members (excludes halogenated alkanes) is 2. The predicted molar refractivity (Wildman–Crippen MR) is 78.5 cm³/mol. The Bertz CT molecular complexity index is 283. The van der Waals surface area contributed by atoms with Crippen molar-refractivity contribution in [3.05, 3.63) is 0 Å². The zero-order chi connectivity index (χ0) is 14.3. The molecule has 0 saturated heterocycles. The van der Waals surface area contributed by atoms with Gasteiger partial charge in [0, 0.05) is 6.04 Å². The molecule has 0 spiro atoms. The predicted octanol–water partition coefficient (Wildman–Crippen LogP) is 2.48.